The number of hydrogen-bond donors (Lipinski definition) is 0. The van der Waals surface area contributed by atoms with Gasteiger partial charge in [0.15, 0.2) is 8.32 Å². The molecule has 0 aromatic carbocycles. The number of rotatable bonds is 5. The Morgan fingerprint density at radius 1 is 1.40 bits per heavy atom. The Hall–Kier alpha value is 0.617. The van der Waals surface area contributed by atoms with E-state index in [0.29, 0.717) is 0 Å². The maximum Gasteiger partial charge on any atom is 0.184 e. The molecule has 1 nitrogen and oxygen atoms in total. The molecule has 1 atom stereocenters. The zero-order chi connectivity index (χ0) is 11.3. The van der Waals surface area contributed by atoms with E-state index >= 15 is 0 Å². The van der Waals surface area contributed by atoms with Crippen molar-refractivity contribution in [2.45, 2.75) is 43.2 Å². The molecule has 0 saturated carbocycles. The van der Waals surface area contributed by atoms with Crippen LogP contribution in [0.2, 0.25) is 19.6 Å². The Labute approximate surface area is 104 Å². The third-order valence-electron chi connectivity index (χ3n) is 2.09. The van der Waals surface area contributed by atoms with E-state index < -0.39 is 8.32 Å². The highest BCUT2D eigenvalue weighted by molar-refractivity contribution is 8.17. The highest BCUT2D eigenvalue weighted by Crippen LogP contribution is 2.34. The van der Waals surface area contributed by atoms with Crippen LogP contribution in [0.4, 0.5) is 0 Å². The fourth-order valence-corrected chi connectivity index (χ4v) is 5.55. The molecule has 15 heavy (non-hydrogen) atoms. The van der Waals surface area contributed by atoms with Gasteiger partial charge in [-0.15, -0.1) is 30.1 Å². The van der Waals surface area contributed by atoms with Gasteiger partial charge in [-0.1, -0.05) is 6.08 Å². The summed E-state index contributed by atoms with van der Waals surface area (Å²) in [6.07, 6.45) is 4.73. The minimum atomic E-state index is -1.42. The van der Waals surface area contributed by atoms with Crippen LogP contribution in [0.3, 0.4) is 0 Å². The van der Waals surface area contributed by atoms with E-state index in [1.807, 2.05) is 6.08 Å². The first kappa shape index (κ1) is 13.7. The molecule has 88 valence electrons. The lowest BCUT2D eigenvalue weighted by Crippen LogP contribution is -2.32. The van der Waals surface area contributed by atoms with E-state index in [-0.39, 0.29) is 6.10 Å². The zero-order valence-electron chi connectivity index (χ0n) is 9.99. The minimum Gasteiger partial charge on any atom is -0.411 e. The van der Waals surface area contributed by atoms with Crippen molar-refractivity contribution in [3.63, 3.8) is 0 Å². The fourth-order valence-electron chi connectivity index (χ4n) is 1.51. The Bertz CT molecular complexity index is 197. The second-order valence-electron chi connectivity index (χ2n) is 4.76. The molecule has 4 heteroatoms. The van der Waals surface area contributed by atoms with Gasteiger partial charge >= 0.3 is 0 Å². The van der Waals surface area contributed by atoms with Crippen molar-refractivity contribution in [2.24, 2.45) is 0 Å². The molecule has 0 bridgehead atoms. The van der Waals surface area contributed by atoms with Crippen molar-refractivity contribution < 1.29 is 4.43 Å². The second kappa shape index (κ2) is 6.38. The molecular weight excluding hydrogens is 240 g/mol. The van der Waals surface area contributed by atoms with Crippen LogP contribution >= 0.6 is 23.5 Å². The van der Waals surface area contributed by atoms with Gasteiger partial charge in [-0.25, -0.2) is 0 Å². The van der Waals surface area contributed by atoms with Crippen LogP contribution in [0.1, 0.15) is 12.8 Å². The van der Waals surface area contributed by atoms with Gasteiger partial charge in [-0.3, -0.25) is 0 Å². The summed E-state index contributed by atoms with van der Waals surface area (Å²) in [5.74, 6) is 2.63. The molecule has 1 saturated heterocycles. The quantitative estimate of drug-likeness (QED) is 0.548. The second-order valence-corrected chi connectivity index (χ2v) is 12.1. The summed E-state index contributed by atoms with van der Waals surface area (Å²) in [5.41, 5.74) is 0. The first-order valence-electron chi connectivity index (χ1n) is 5.55. The Balaban J connectivity index is 2.35. The summed E-state index contributed by atoms with van der Waals surface area (Å²) < 4.78 is 6.80. The van der Waals surface area contributed by atoms with Crippen LogP contribution in [-0.4, -0.2) is 30.5 Å². The zero-order valence-corrected chi connectivity index (χ0v) is 12.6. The van der Waals surface area contributed by atoms with Gasteiger partial charge in [0.1, 0.15) is 0 Å². The molecule has 0 aliphatic carbocycles. The van der Waals surface area contributed by atoms with Crippen LogP contribution in [-0.2, 0) is 4.43 Å². The summed E-state index contributed by atoms with van der Waals surface area (Å²) >= 11 is 4.17. The molecule has 0 aromatic heterocycles. The predicted molar refractivity (Wildman–Crippen MR) is 76.4 cm³/mol. The molecule has 1 fully saturated rings. The maximum absolute atomic E-state index is 6.08. The van der Waals surface area contributed by atoms with Gasteiger partial charge in [0.25, 0.3) is 0 Å². The van der Waals surface area contributed by atoms with Crippen molar-refractivity contribution in [3.8, 4) is 0 Å². The molecular formula is C11H22OS2Si. The van der Waals surface area contributed by atoms with E-state index in [0.717, 1.165) is 11.0 Å². The van der Waals surface area contributed by atoms with E-state index in [1.54, 1.807) is 0 Å². The first-order chi connectivity index (χ1) is 7.01. The lowest BCUT2D eigenvalue weighted by atomic mass is 10.3. The standard InChI is InChI=1S/C11H22OS2Si/c1-5-10(12-15(2,3)4)9-11-13-7-6-8-14-11/h5,10-11H,1,6-9H2,2-4H3. The molecule has 1 rings (SSSR count). The molecule has 0 aromatic rings. The monoisotopic (exact) mass is 262 g/mol. The molecule has 1 heterocycles. The highest BCUT2D eigenvalue weighted by atomic mass is 32.2. The van der Waals surface area contributed by atoms with E-state index in [9.17, 15) is 0 Å². The van der Waals surface area contributed by atoms with Crippen LogP contribution in [0.25, 0.3) is 0 Å². The normalized spacial score (nSPS) is 21.3. The summed E-state index contributed by atoms with van der Waals surface area (Å²) in [5, 5.41) is 0. The molecule has 1 aliphatic heterocycles. The van der Waals surface area contributed by atoms with Crippen molar-refractivity contribution in [1.29, 1.82) is 0 Å². The van der Waals surface area contributed by atoms with Crippen LogP contribution < -0.4 is 0 Å². The van der Waals surface area contributed by atoms with Crippen molar-refractivity contribution in [3.05, 3.63) is 12.7 Å². The van der Waals surface area contributed by atoms with E-state index in [1.165, 1.54) is 17.9 Å². The van der Waals surface area contributed by atoms with Gasteiger partial charge in [-0.05, 0) is 44.0 Å². The minimum absolute atomic E-state index is 0.264. The predicted octanol–water partition coefficient (Wildman–Crippen LogP) is 3.98. The largest absolute Gasteiger partial charge is 0.411 e. The molecule has 0 amide bonds. The summed E-state index contributed by atoms with van der Waals surface area (Å²) in [7, 11) is -1.42. The van der Waals surface area contributed by atoms with Gasteiger partial charge in [0.2, 0.25) is 0 Å². The van der Waals surface area contributed by atoms with Crippen molar-refractivity contribution >= 4 is 31.8 Å². The lowest BCUT2D eigenvalue weighted by molar-refractivity contribution is 0.237. The van der Waals surface area contributed by atoms with E-state index in [2.05, 4.69) is 49.7 Å². The molecule has 0 N–H and O–H groups in total. The van der Waals surface area contributed by atoms with E-state index in [4.69, 9.17) is 4.43 Å². The third kappa shape index (κ3) is 6.05. The molecule has 1 unspecified atom stereocenters. The van der Waals surface area contributed by atoms with Gasteiger partial charge < -0.3 is 4.43 Å². The van der Waals surface area contributed by atoms with Crippen LogP contribution in [0.5, 0.6) is 0 Å². The van der Waals surface area contributed by atoms with Gasteiger partial charge in [0.05, 0.1) is 10.7 Å². The number of thioether (sulfide) groups is 2. The maximum atomic E-state index is 6.08. The fraction of sp³-hybridized carbons (Fsp3) is 0.818. The topological polar surface area (TPSA) is 9.23 Å². The molecule has 0 spiro atoms. The lowest BCUT2D eigenvalue weighted by Gasteiger charge is -2.28. The Kier molecular flexibility index (Phi) is 5.82. The van der Waals surface area contributed by atoms with Gasteiger partial charge in [-0.2, -0.15) is 0 Å². The third-order valence-corrected chi connectivity index (χ3v) is 6.09. The molecule has 1 aliphatic rings. The average molecular weight is 263 g/mol. The van der Waals surface area contributed by atoms with Crippen LogP contribution in [0, 0.1) is 0 Å². The summed E-state index contributed by atoms with van der Waals surface area (Å²) in [6.45, 7) is 10.6. The number of hydrogen-bond acceptors (Lipinski definition) is 3. The average Bonchev–Trinajstić information content (AvgIpc) is 2.16. The van der Waals surface area contributed by atoms with Crippen LogP contribution in [0.15, 0.2) is 12.7 Å². The van der Waals surface area contributed by atoms with Gasteiger partial charge in [0, 0.05) is 0 Å². The van der Waals surface area contributed by atoms with Crippen molar-refractivity contribution in [2.75, 3.05) is 11.5 Å². The molecule has 0 radical (unpaired) electrons. The highest BCUT2D eigenvalue weighted by Gasteiger charge is 2.23. The van der Waals surface area contributed by atoms with Crippen molar-refractivity contribution in [1.82, 2.24) is 0 Å². The SMILES string of the molecule is C=CC(CC1SCCCS1)O[Si](C)(C)C. The Morgan fingerprint density at radius 2 is 2.00 bits per heavy atom. The Morgan fingerprint density at radius 3 is 2.47 bits per heavy atom. The smallest absolute Gasteiger partial charge is 0.184 e. The summed E-state index contributed by atoms with van der Waals surface area (Å²) in [4.78, 5) is 0. The summed E-state index contributed by atoms with van der Waals surface area (Å²) in [6, 6.07) is 0. The first-order valence-corrected chi connectivity index (χ1v) is 11.1.